The van der Waals surface area contributed by atoms with E-state index in [4.69, 9.17) is 11.6 Å². The first-order valence-corrected chi connectivity index (χ1v) is 11.1. The highest BCUT2D eigenvalue weighted by Crippen LogP contribution is 2.65. The second-order valence-electron chi connectivity index (χ2n) is 8.95. The molecule has 0 unspecified atom stereocenters. The normalized spacial score (nSPS) is 32.1. The van der Waals surface area contributed by atoms with Gasteiger partial charge in [-0.15, -0.1) is 0 Å². The number of hydrogen-bond donors (Lipinski definition) is 0. The molecule has 4 aliphatic carbocycles. The summed E-state index contributed by atoms with van der Waals surface area (Å²) in [6, 6.07) is 15.9. The van der Waals surface area contributed by atoms with Crippen molar-refractivity contribution in [1.29, 1.82) is 0 Å². The van der Waals surface area contributed by atoms with E-state index in [9.17, 15) is 14.4 Å². The van der Waals surface area contributed by atoms with Gasteiger partial charge in [-0.2, -0.15) is 0 Å². The van der Waals surface area contributed by atoms with Gasteiger partial charge in [0.25, 0.3) is 5.91 Å². The molecule has 5 aliphatic rings. The molecule has 1 heterocycles. The fourth-order valence-corrected chi connectivity index (χ4v) is 6.17. The van der Waals surface area contributed by atoms with Gasteiger partial charge < -0.3 is 0 Å². The molecule has 156 valence electrons. The van der Waals surface area contributed by atoms with Crippen LogP contribution in [0.5, 0.6) is 0 Å². The molecular weight excluding hydrogens is 412 g/mol. The SMILES string of the molecule is O=C1[C@@H]2[C@H]3C=C[C@@H]([C@@H]4C[C@@H]34)[C@@H]2C(=O)N1CN(C(=O)c1ccccc1Cl)c1ccccc1. The first-order valence-electron chi connectivity index (χ1n) is 10.7. The van der Waals surface area contributed by atoms with Gasteiger partial charge in [-0.3, -0.25) is 24.2 Å². The molecule has 7 rings (SSSR count). The molecule has 1 aliphatic heterocycles. The minimum absolute atomic E-state index is 0.104. The van der Waals surface area contributed by atoms with Crippen LogP contribution < -0.4 is 4.90 Å². The lowest BCUT2D eigenvalue weighted by Gasteiger charge is -2.37. The molecule has 0 N–H and O–H groups in total. The number of nitrogens with zero attached hydrogens (tertiary/aromatic N) is 2. The first kappa shape index (κ1) is 18.8. The Morgan fingerprint density at radius 1 is 0.903 bits per heavy atom. The summed E-state index contributed by atoms with van der Waals surface area (Å²) in [5, 5.41) is 0.337. The van der Waals surface area contributed by atoms with Crippen molar-refractivity contribution < 1.29 is 14.4 Å². The van der Waals surface area contributed by atoms with E-state index < -0.39 is 0 Å². The number of imide groups is 1. The van der Waals surface area contributed by atoms with Gasteiger partial charge in [-0.25, -0.2) is 0 Å². The van der Waals surface area contributed by atoms with Crippen molar-refractivity contribution >= 4 is 35.0 Å². The van der Waals surface area contributed by atoms with Gasteiger partial charge in [-0.05, 0) is 54.4 Å². The average molecular weight is 433 g/mol. The first-order chi connectivity index (χ1) is 15.1. The van der Waals surface area contributed by atoms with Crippen molar-refractivity contribution in [3.8, 4) is 0 Å². The topological polar surface area (TPSA) is 57.7 Å². The molecule has 31 heavy (non-hydrogen) atoms. The minimum atomic E-state index is -0.337. The van der Waals surface area contributed by atoms with Crippen LogP contribution >= 0.6 is 11.6 Å². The summed E-state index contributed by atoms with van der Waals surface area (Å²) in [4.78, 5) is 43.0. The lowest BCUT2D eigenvalue weighted by atomic mass is 9.63. The van der Waals surface area contributed by atoms with Gasteiger partial charge >= 0.3 is 0 Å². The van der Waals surface area contributed by atoms with E-state index in [0.29, 0.717) is 28.1 Å². The summed E-state index contributed by atoms with van der Waals surface area (Å²) in [6.07, 6.45) is 5.42. The Morgan fingerprint density at radius 3 is 2.10 bits per heavy atom. The number of carbonyl (C=O) groups excluding carboxylic acids is 3. The van der Waals surface area contributed by atoms with Gasteiger partial charge in [-0.1, -0.05) is 54.1 Å². The van der Waals surface area contributed by atoms with E-state index in [1.807, 2.05) is 18.2 Å². The third-order valence-electron chi connectivity index (χ3n) is 7.45. The molecular formula is C25H21ClN2O3. The molecule has 0 spiro atoms. The Morgan fingerprint density at radius 2 is 1.48 bits per heavy atom. The molecule has 1 saturated heterocycles. The molecule has 3 fully saturated rings. The highest BCUT2D eigenvalue weighted by molar-refractivity contribution is 6.34. The van der Waals surface area contributed by atoms with E-state index in [-0.39, 0.29) is 48.1 Å². The number of hydrogen-bond acceptors (Lipinski definition) is 3. The maximum Gasteiger partial charge on any atom is 0.261 e. The number of amides is 3. The zero-order valence-electron chi connectivity index (χ0n) is 16.7. The quantitative estimate of drug-likeness (QED) is 0.542. The smallest absolute Gasteiger partial charge is 0.261 e. The predicted octanol–water partition coefficient (Wildman–Crippen LogP) is 4.00. The number of rotatable bonds is 4. The highest BCUT2D eigenvalue weighted by atomic mass is 35.5. The monoisotopic (exact) mass is 432 g/mol. The Labute approximate surface area is 185 Å². The fraction of sp³-hybridized carbons (Fsp3) is 0.320. The molecule has 2 saturated carbocycles. The highest BCUT2D eigenvalue weighted by Gasteiger charge is 2.67. The van der Waals surface area contributed by atoms with Crippen LogP contribution in [0.25, 0.3) is 0 Å². The van der Waals surface area contributed by atoms with Crippen molar-refractivity contribution in [2.45, 2.75) is 6.42 Å². The summed E-state index contributed by atoms with van der Waals surface area (Å²) in [7, 11) is 0. The van der Waals surface area contributed by atoms with Crippen LogP contribution in [0.2, 0.25) is 5.02 Å². The molecule has 6 atom stereocenters. The number of anilines is 1. The molecule has 2 aromatic rings. The molecule has 3 amide bonds. The standard InChI is InChI=1S/C25H21ClN2O3/c26-20-9-5-4-8-17(20)23(29)27(14-6-2-1-3-7-14)13-28-24(30)21-15-10-11-16(19-12-18(15)19)22(21)25(28)31/h1-11,15-16,18-19,21-22H,12-13H2/t15-,16-,18-,19-,21-,22+/m0/s1. The van der Waals surface area contributed by atoms with E-state index in [2.05, 4.69) is 12.2 Å². The Bertz CT molecular complexity index is 1090. The predicted molar refractivity (Wildman–Crippen MR) is 116 cm³/mol. The van der Waals surface area contributed by atoms with Gasteiger partial charge in [0.1, 0.15) is 6.67 Å². The van der Waals surface area contributed by atoms with E-state index in [1.54, 1.807) is 36.4 Å². The third kappa shape index (κ3) is 2.72. The van der Waals surface area contributed by atoms with Crippen LogP contribution in [-0.4, -0.2) is 29.3 Å². The number of allylic oxidation sites excluding steroid dienone is 2. The largest absolute Gasteiger partial charge is 0.290 e. The maximum absolute atomic E-state index is 13.5. The van der Waals surface area contributed by atoms with Gasteiger partial charge in [0.05, 0.1) is 22.4 Å². The van der Waals surface area contributed by atoms with Crippen LogP contribution in [0, 0.1) is 35.5 Å². The number of para-hydroxylation sites is 1. The molecule has 5 nitrogen and oxygen atoms in total. The molecule has 6 heteroatoms. The van der Waals surface area contributed by atoms with Gasteiger partial charge in [0.15, 0.2) is 0 Å². The van der Waals surface area contributed by atoms with Crippen molar-refractivity contribution in [2.75, 3.05) is 11.6 Å². The summed E-state index contributed by atoms with van der Waals surface area (Å²) in [5.41, 5.74) is 0.958. The summed E-state index contributed by atoms with van der Waals surface area (Å²) in [5.74, 6) is 0.220. The lowest BCUT2D eigenvalue weighted by Crippen LogP contribution is -2.45. The van der Waals surface area contributed by atoms with Crippen molar-refractivity contribution in [3.63, 3.8) is 0 Å². The Hall–Kier alpha value is -2.92. The van der Waals surface area contributed by atoms with Crippen LogP contribution in [0.1, 0.15) is 16.8 Å². The molecule has 2 aromatic carbocycles. The van der Waals surface area contributed by atoms with E-state index >= 15 is 0 Å². The van der Waals surface area contributed by atoms with Crippen LogP contribution in [-0.2, 0) is 9.59 Å². The second-order valence-corrected chi connectivity index (χ2v) is 9.36. The van der Waals surface area contributed by atoms with E-state index in [1.165, 1.54) is 9.80 Å². The zero-order chi connectivity index (χ0) is 21.3. The Balaban J connectivity index is 1.35. The fourth-order valence-electron chi connectivity index (χ4n) is 5.95. The van der Waals surface area contributed by atoms with Crippen LogP contribution in [0.15, 0.2) is 66.7 Å². The van der Waals surface area contributed by atoms with Crippen molar-refractivity contribution in [1.82, 2.24) is 4.90 Å². The Kier molecular flexibility index (Phi) is 4.12. The number of likely N-dealkylation sites (tertiary alicyclic amines) is 1. The lowest BCUT2D eigenvalue weighted by molar-refractivity contribution is -0.140. The van der Waals surface area contributed by atoms with Gasteiger partial charge in [0, 0.05) is 5.69 Å². The van der Waals surface area contributed by atoms with E-state index in [0.717, 1.165) is 6.42 Å². The number of benzene rings is 2. The van der Waals surface area contributed by atoms with Crippen molar-refractivity contribution in [2.24, 2.45) is 35.5 Å². The molecule has 2 bridgehead atoms. The summed E-state index contributed by atoms with van der Waals surface area (Å²) >= 11 is 6.29. The summed E-state index contributed by atoms with van der Waals surface area (Å²) < 4.78 is 0. The van der Waals surface area contributed by atoms with Crippen LogP contribution in [0.3, 0.4) is 0 Å². The number of halogens is 1. The third-order valence-corrected chi connectivity index (χ3v) is 7.78. The molecule has 0 radical (unpaired) electrons. The average Bonchev–Trinajstić information content (AvgIpc) is 3.58. The van der Waals surface area contributed by atoms with Crippen LogP contribution in [0.4, 0.5) is 5.69 Å². The maximum atomic E-state index is 13.5. The summed E-state index contributed by atoms with van der Waals surface area (Å²) in [6.45, 7) is -0.104. The van der Waals surface area contributed by atoms with Crippen molar-refractivity contribution in [3.05, 3.63) is 77.3 Å². The van der Waals surface area contributed by atoms with Gasteiger partial charge in [0.2, 0.25) is 11.8 Å². The number of carbonyl (C=O) groups is 3. The zero-order valence-corrected chi connectivity index (χ0v) is 17.5. The molecule has 0 aromatic heterocycles. The minimum Gasteiger partial charge on any atom is -0.290 e. The second kappa shape index (κ2) is 6.79.